The van der Waals surface area contributed by atoms with Crippen LogP contribution < -0.4 is 21.1 Å². The molecule has 0 unspecified atom stereocenters. The maximum Gasteiger partial charge on any atom is 0.251 e. The Kier molecular flexibility index (Phi) is 8.13. The van der Waals surface area contributed by atoms with Crippen molar-refractivity contribution in [3.63, 3.8) is 0 Å². The molecule has 0 aliphatic heterocycles. The van der Waals surface area contributed by atoms with Crippen LogP contribution in [0.3, 0.4) is 0 Å². The SMILES string of the molecule is Cc1ccc(C)c(OCCCC(C)(C)C(=O)NC(=S)Nc2sc3c(c2C(N)=O)CCCC3)c1. The third-order valence-electron chi connectivity index (χ3n) is 6.03. The van der Waals surface area contributed by atoms with Crippen LogP contribution in [0.2, 0.25) is 0 Å². The van der Waals surface area contributed by atoms with Gasteiger partial charge in [-0.1, -0.05) is 26.0 Å². The standard InChI is InChI=1S/C25H33N3O3S2/c1-15-10-11-16(2)18(14-15)31-13-7-12-25(3,4)23(30)28-24(32)27-22-20(21(26)29)17-8-5-6-9-19(17)33-22/h10-11,14H,5-9,12-13H2,1-4H3,(H2,26,29)(H2,27,28,30,32). The summed E-state index contributed by atoms with van der Waals surface area (Å²) in [6.45, 7) is 8.37. The van der Waals surface area contributed by atoms with Crippen molar-refractivity contribution in [2.24, 2.45) is 11.1 Å². The first-order valence-electron chi connectivity index (χ1n) is 11.4. The van der Waals surface area contributed by atoms with E-state index in [0.717, 1.165) is 54.5 Å². The fraction of sp³-hybridized carbons (Fsp3) is 0.480. The molecule has 0 fully saturated rings. The Hall–Kier alpha value is -2.45. The third-order valence-corrected chi connectivity index (χ3v) is 7.45. The Morgan fingerprint density at radius 3 is 2.67 bits per heavy atom. The molecule has 1 aliphatic rings. The molecule has 178 valence electrons. The fourth-order valence-corrected chi connectivity index (χ4v) is 5.55. The van der Waals surface area contributed by atoms with E-state index >= 15 is 0 Å². The van der Waals surface area contributed by atoms with Crippen LogP contribution in [0, 0.1) is 19.3 Å². The monoisotopic (exact) mass is 487 g/mol. The van der Waals surface area contributed by atoms with Gasteiger partial charge in [0.25, 0.3) is 5.91 Å². The summed E-state index contributed by atoms with van der Waals surface area (Å²) in [5.74, 6) is 0.246. The second kappa shape index (κ2) is 10.7. The van der Waals surface area contributed by atoms with Crippen LogP contribution in [-0.4, -0.2) is 23.5 Å². The lowest BCUT2D eigenvalue weighted by Crippen LogP contribution is -2.42. The number of aryl methyl sites for hydroxylation is 3. The summed E-state index contributed by atoms with van der Waals surface area (Å²) in [5.41, 5.74) is 8.80. The molecule has 0 bridgehead atoms. The summed E-state index contributed by atoms with van der Waals surface area (Å²) in [6, 6.07) is 6.13. The molecule has 0 saturated carbocycles. The summed E-state index contributed by atoms with van der Waals surface area (Å²) >= 11 is 6.88. The molecule has 33 heavy (non-hydrogen) atoms. The van der Waals surface area contributed by atoms with Gasteiger partial charge in [-0.15, -0.1) is 11.3 Å². The van der Waals surface area contributed by atoms with Crippen molar-refractivity contribution in [3.8, 4) is 5.75 Å². The Morgan fingerprint density at radius 2 is 1.94 bits per heavy atom. The predicted molar refractivity (Wildman–Crippen MR) is 138 cm³/mol. The van der Waals surface area contributed by atoms with Crippen LogP contribution in [-0.2, 0) is 17.6 Å². The average molecular weight is 488 g/mol. The van der Waals surface area contributed by atoms with Gasteiger partial charge in [-0.3, -0.25) is 9.59 Å². The first kappa shape index (κ1) is 25.2. The summed E-state index contributed by atoms with van der Waals surface area (Å²) in [5, 5.41) is 6.64. The largest absolute Gasteiger partial charge is 0.493 e. The van der Waals surface area contributed by atoms with E-state index in [4.69, 9.17) is 22.7 Å². The number of carbonyl (C=O) groups excluding carboxylic acids is 2. The summed E-state index contributed by atoms with van der Waals surface area (Å²) in [6.07, 6.45) is 5.32. The first-order chi connectivity index (χ1) is 15.6. The highest BCUT2D eigenvalue weighted by Crippen LogP contribution is 2.38. The molecular formula is C25H33N3O3S2. The predicted octanol–water partition coefficient (Wildman–Crippen LogP) is 5.04. The Morgan fingerprint density at radius 1 is 1.21 bits per heavy atom. The molecular weight excluding hydrogens is 454 g/mol. The van der Waals surface area contributed by atoms with E-state index in [-0.39, 0.29) is 11.0 Å². The van der Waals surface area contributed by atoms with E-state index in [2.05, 4.69) is 16.7 Å². The molecule has 0 spiro atoms. The Labute approximate surface area is 205 Å². The van der Waals surface area contributed by atoms with Gasteiger partial charge in [0.2, 0.25) is 5.91 Å². The second-order valence-electron chi connectivity index (χ2n) is 9.29. The lowest BCUT2D eigenvalue weighted by atomic mass is 9.87. The average Bonchev–Trinajstić information content (AvgIpc) is 3.11. The molecule has 6 nitrogen and oxygen atoms in total. The van der Waals surface area contributed by atoms with Gasteiger partial charge >= 0.3 is 0 Å². The number of fused-ring (bicyclic) bond motifs is 1. The Balaban J connectivity index is 1.53. The minimum Gasteiger partial charge on any atom is -0.493 e. The van der Waals surface area contributed by atoms with E-state index in [1.54, 1.807) is 0 Å². The van der Waals surface area contributed by atoms with Crippen LogP contribution in [0.25, 0.3) is 0 Å². The van der Waals surface area contributed by atoms with Crippen LogP contribution in [0.4, 0.5) is 5.00 Å². The number of ether oxygens (including phenoxy) is 1. The van der Waals surface area contributed by atoms with Crippen molar-refractivity contribution in [3.05, 3.63) is 45.3 Å². The van der Waals surface area contributed by atoms with Crippen molar-refractivity contribution < 1.29 is 14.3 Å². The highest BCUT2D eigenvalue weighted by Gasteiger charge is 2.29. The molecule has 4 N–H and O–H groups in total. The number of hydrogen-bond acceptors (Lipinski definition) is 5. The van der Waals surface area contributed by atoms with Crippen molar-refractivity contribution >= 4 is 45.5 Å². The lowest BCUT2D eigenvalue weighted by Gasteiger charge is -2.24. The summed E-state index contributed by atoms with van der Waals surface area (Å²) < 4.78 is 5.92. The van der Waals surface area contributed by atoms with Crippen molar-refractivity contribution in [2.75, 3.05) is 11.9 Å². The third kappa shape index (κ3) is 6.32. The van der Waals surface area contributed by atoms with E-state index in [9.17, 15) is 9.59 Å². The van der Waals surface area contributed by atoms with Gasteiger partial charge < -0.3 is 21.1 Å². The number of thiophene rings is 1. The number of nitrogens with one attached hydrogen (secondary N) is 2. The molecule has 1 aliphatic carbocycles. The summed E-state index contributed by atoms with van der Waals surface area (Å²) in [4.78, 5) is 26.1. The maximum atomic E-state index is 12.9. The number of amides is 2. The number of benzene rings is 1. The van der Waals surface area contributed by atoms with Gasteiger partial charge in [0, 0.05) is 10.3 Å². The molecule has 1 aromatic carbocycles. The fourth-order valence-electron chi connectivity index (χ4n) is 3.99. The zero-order valence-corrected chi connectivity index (χ0v) is 21.4. The van der Waals surface area contributed by atoms with E-state index in [0.29, 0.717) is 23.6 Å². The van der Waals surface area contributed by atoms with Crippen LogP contribution in [0.1, 0.15) is 71.5 Å². The number of rotatable bonds is 8. The molecule has 0 atom stereocenters. The van der Waals surface area contributed by atoms with Gasteiger partial charge in [0.05, 0.1) is 12.2 Å². The number of carbonyl (C=O) groups is 2. The van der Waals surface area contributed by atoms with Crippen LogP contribution in [0.15, 0.2) is 18.2 Å². The first-order valence-corrected chi connectivity index (χ1v) is 12.6. The van der Waals surface area contributed by atoms with Crippen molar-refractivity contribution in [2.45, 2.75) is 66.2 Å². The number of thiocarbonyl (C=S) groups is 1. The molecule has 1 aromatic heterocycles. The van der Waals surface area contributed by atoms with E-state index in [1.165, 1.54) is 16.2 Å². The maximum absolute atomic E-state index is 12.9. The topological polar surface area (TPSA) is 93.4 Å². The second-order valence-corrected chi connectivity index (χ2v) is 10.8. The van der Waals surface area contributed by atoms with Gasteiger partial charge in [-0.25, -0.2) is 0 Å². The summed E-state index contributed by atoms with van der Waals surface area (Å²) in [7, 11) is 0. The Bertz CT molecular complexity index is 1060. The normalized spacial score (nSPS) is 13.2. The number of anilines is 1. The number of hydrogen-bond donors (Lipinski definition) is 3. The molecule has 0 radical (unpaired) electrons. The van der Waals surface area contributed by atoms with Gasteiger partial charge in [0.15, 0.2) is 5.11 Å². The lowest BCUT2D eigenvalue weighted by molar-refractivity contribution is -0.128. The van der Waals surface area contributed by atoms with E-state index in [1.807, 2.05) is 39.8 Å². The highest BCUT2D eigenvalue weighted by molar-refractivity contribution is 7.80. The smallest absolute Gasteiger partial charge is 0.251 e. The van der Waals surface area contributed by atoms with Gasteiger partial charge in [-0.05, 0) is 87.3 Å². The minimum atomic E-state index is -0.627. The van der Waals surface area contributed by atoms with Crippen LogP contribution in [0.5, 0.6) is 5.75 Å². The van der Waals surface area contributed by atoms with Crippen molar-refractivity contribution in [1.82, 2.24) is 5.32 Å². The zero-order chi connectivity index (χ0) is 24.2. The highest BCUT2D eigenvalue weighted by atomic mass is 32.1. The van der Waals surface area contributed by atoms with Gasteiger partial charge in [0.1, 0.15) is 10.8 Å². The van der Waals surface area contributed by atoms with E-state index < -0.39 is 11.3 Å². The van der Waals surface area contributed by atoms with Crippen LogP contribution >= 0.6 is 23.6 Å². The molecule has 2 aromatic rings. The molecule has 1 heterocycles. The molecule has 2 amide bonds. The van der Waals surface area contributed by atoms with Crippen molar-refractivity contribution in [1.29, 1.82) is 0 Å². The molecule has 8 heteroatoms. The quantitative estimate of drug-likeness (QED) is 0.358. The van der Waals surface area contributed by atoms with Gasteiger partial charge in [-0.2, -0.15) is 0 Å². The number of primary amides is 1. The number of nitrogens with two attached hydrogens (primary N) is 1. The zero-order valence-electron chi connectivity index (χ0n) is 19.8. The minimum absolute atomic E-state index is 0.173. The molecule has 0 saturated heterocycles. The molecule has 3 rings (SSSR count).